The van der Waals surface area contributed by atoms with E-state index in [1.54, 1.807) is 42.5 Å². The van der Waals surface area contributed by atoms with Gasteiger partial charge in [-0.15, -0.1) is 0 Å². The van der Waals surface area contributed by atoms with Crippen molar-refractivity contribution in [1.29, 1.82) is 0 Å². The number of carbonyl (C=O) groups excluding carboxylic acids is 2. The third-order valence-electron chi connectivity index (χ3n) is 5.13. The van der Waals surface area contributed by atoms with E-state index in [2.05, 4.69) is 0 Å². The van der Waals surface area contributed by atoms with Gasteiger partial charge in [-0.2, -0.15) is 0 Å². The number of hydrogen-bond acceptors (Lipinski definition) is 7. The highest BCUT2D eigenvalue weighted by molar-refractivity contribution is 6.04. The molecule has 0 atom stereocenters. The zero-order valence-corrected chi connectivity index (χ0v) is 19.0. The smallest absolute Gasteiger partial charge is 0.351 e. The molecule has 0 N–H and O–H groups in total. The van der Waals surface area contributed by atoms with Crippen LogP contribution in [-0.2, 0) is 4.74 Å². The molecule has 34 heavy (non-hydrogen) atoms. The van der Waals surface area contributed by atoms with Crippen molar-refractivity contribution >= 4 is 33.7 Å². The number of rotatable bonds is 8. The van der Waals surface area contributed by atoms with Crippen molar-refractivity contribution in [2.24, 2.45) is 0 Å². The van der Waals surface area contributed by atoms with Crippen molar-refractivity contribution in [2.75, 3.05) is 13.2 Å². The van der Waals surface area contributed by atoms with Gasteiger partial charge in [0.25, 0.3) is 0 Å². The molecule has 0 radical (unpaired) electrons. The molecule has 4 aromatic rings. The minimum Gasteiger partial charge on any atom is -0.493 e. The molecule has 0 aliphatic rings. The normalized spacial score (nSPS) is 10.9. The molecule has 0 unspecified atom stereocenters. The molecule has 7 heteroatoms. The number of benzene rings is 3. The van der Waals surface area contributed by atoms with Crippen LogP contribution < -0.4 is 15.1 Å². The standard InChI is InChI=1S/C27H24O7/c1-3-13-31-19-11-9-18-15-22(26(29)33-23(18)16-19)27(30)34-24-20-8-6-5-7-17(20)10-12-21(24)25(28)32-14-4-2/h5-12,15-16H,3-4,13-14H2,1-2H3. The molecule has 0 spiro atoms. The number of hydrogen-bond donors (Lipinski definition) is 0. The summed E-state index contributed by atoms with van der Waals surface area (Å²) in [5.74, 6) is -0.936. The van der Waals surface area contributed by atoms with E-state index in [1.807, 2.05) is 26.0 Å². The molecular formula is C27H24O7. The predicted molar refractivity (Wildman–Crippen MR) is 128 cm³/mol. The van der Waals surface area contributed by atoms with Crippen molar-refractivity contribution in [3.8, 4) is 11.5 Å². The lowest BCUT2D eigenvalue weighted by atomic mass is 10.1. The summed E-state index contributed by atoms with van der Waals surface area (Å²) in [5, 5.41) is 1.85. The fourth-order valence-electron chi connectivity index (χ4n) is 3.48. The zero-order valence-electron chi connectivity index (χ0n) is 19.0. The molecule has 0 saturated carbocycles. The highest BCUT2D eigenvalue weighted by atomic mass is 16.5. The molecule has 0 amide bonds. The molecule has 0 aliphatic carbocycles. The Bertz CT molecular complexity index is 1420. The Hall–Kier alpha value is -4.13. The zero-order chi connectivity index (χ0) is 24.1. The summed E-state index contributed by atoms with van der Waals surface area (Å²) in [6.07, 6.45) is 1.49. The highest BCUT2D eigenvalue weighted by Gasteiger charge is 2.23. The van der Waals surface area contributed by atoms with Crippen LogP contribution in [0.2, 0.25) is 0 Å². The first-order valence-electron chi connectivity index (χ1n) is 11.1. The first kappa shape index (κ1) is 23.0. The average Bonchev–Trinajstić information content (AvgIpc) is 2.85. The predicted octanol–water partition coefficient (Wildman–Crippen LogP) is 5.52. The molecule has 3 aromatic carbocycles. The van der Waals surface area contributed by atoms with Gasteiger partial charge in [0.15, 0.2) is 5.75 Å². The van der Waals surface area contributed by atoms with Crippen LogP contribution in [0.1, 0.15) is 47.4 Å². The van der Waals surface area contributed by atoms with Crippen molar-refractivity contribution in [3.63, 3.8) is 0 Å². The van der Waals surface area contributed by atoms with Gasteiger partial charge >= 0.3 is 17.6 Å². The van der Waals surface area contributed by atoms with Crippen LogP contribution in [0.15, 0.2) is 69.9 Å². The molecule has 174 valence electrons. The maximum atomic E-state index is 13.1. The van der Waals surface area contributed by atoms with Gasteiger partial charge < -0.3 is 18.6 Å². The van der Waals surface area contributed by atoms with Gasteiger partial charge in [0.1, 0.15) is 22.5 Å². The number of fused-ring (bicyclic) bond motifs is 2. The van der Waals surface area contributed by atoms with Gasteiger partial charge in [-0.1, -0.05) is 44.2 Å². The lowest BCUT2D eigenvalue weighted by Gasteiger charge is -2.13. The van der Waals surface area contributed by atoms with Crippen LogP contribution in [0.4, 0.5) is 0 Å². The van der Waals surface area contributed by atoms with E-state index in [9.17, 15) is 14.4 Å². The summed E-state index contributed by atoms with van der Waals surface area (Å²) in [7, 11) is 0. The van der Waals surface area contributed by atoms with E-state index >= 15 is 0 Å². The summed E-state index contributed by atoms with van der Waals surface area (Å²) in [5.41, 5.74) is -0.733. The van der Waals surface area contributed by atoms with E-state index < -0.39 is 17.6 Å². The first-order valence-corrected chi connectivity index (χ1v) is 11.1. The van der Waals surface area contributed by atoms with Gasteiger partial charge in [-0.25, -0.2) is 14.4 Å². The topological polar surface area (TPSA) is 92.0 Å². The maximum Gasteiger partial charge on any atom is 0.351 e. The quantitative estimate of drug-likeness (QED) is 0.194. The summed E-state index contributed by atoms with van der Waals surface area (Å²) in [6.45, 7) is 4.64. The van der Waals surface area contributed by atoms with Crippen LogP contribution in [0.5, 0.6) is 11.5 Å². The number of carbonyl (C=O) groups is 2. The van der Waals surface area contributed by atoms with Gasteiger partial charge in [-0.05, 0) is 42.5 Å². The number of esters is 2. The fourth-order valence-corrected chi connectivity index (χ4v) is 3.48. The van der Waals surface area contributed by atoms with Gasteiger partial charge in [0.2, 0.25) is 0 Å². The van der Waals surface area contributed by atoms with Crippen LogP contribution in [0, 0.1) is 0 Å². The lowest BCUT2D eigenvalue weighted by Crippen LogP contribution is -2.20. The molecule has 1 heterocycles. The monoisotopic (exact) mass is 460 g/mol. The van der Waals surface area contributed by atoms with Gasteiger partial charge in [0, 0.05) is 16.8 Å². The van der Waals surface area contributed by atoms with E-state index in [-0.39, 0.29) is 23.5 Å². The Balaban J connectivity index is 1.72. The first-order chi connectivity index (χ1) is 16.5. The fraction of sp³-hybridized carbons (Fsp3) is 0.222. The van der Waals surface area contributed by atoms with Crippen LogP contribution in [-0.4, -0.2) is 25.2 Å². The Kier molecular flexibility index (Phi) is 6.92. The molecule has 7 nitrogen and oxygen atoms in total. The molecular weight excluding hydrogens is 436 g/mol. The average molecular weight is 460 g/mol. The Morgan fingerprint density at radius 1 is 0.824 bits per heavy atom. The SMILES string of the molecule is CCCOC(=O)c1ccc2ccccc2c1OC(=O)c1cc2ccc(OCCC)cc2oc1=O. The largest absolute Gasteiger partial charge is 0.493 e. The van der Waals surface area contributed by atoms with Crippen molar-refractivity contribution < 1.29 is 28.2 Å². The lowest BCUT2D eigenvalue weighted by molar-refractivity contribution is 0.0500. The molecule has 0 aliphatic heterocycles. The summed E-state index contributed by atoms with van der Waals surface area (Å²) < 4.78 is 21.8. The van der Waals surface area contributed by atoms with E-state index in [0.717, 1.165) is 11.8 Å². The molecule has 4 rings (SSSR count). The Morgan fingerprint density at radius 2 is 1.59 bits per heavy atom. The minimum absolute atomic E-state index is 0.0343. The molecule has 0 fully saturated rings. The minimum atomic E-state index is -0.928. The summed E-state index contributed by atoms with van der Waals surface area (Å²) in [4.78, 5) is 38.3. The highest BCUT2D eigenvalue weighted by Crippen LogP contribution is 2.31. The van der Waals surface area contributed by atoms with Gasteiger partial charge in [0.05, 0.1) is 13.2 Å². The van der Waals surface area contributed by atoms with Crippen molar-refractivity contribution in [3.05, 3.63) is 82.2 Å². The second-order valence-corrected chi connectivity index (χ2v) is 7.68. The van der Waals surface area contributed by atoms with Crippen molar-refractivity contribution in [1.82, 2.24) is 0 Å². The third kappa shape index (κ3) is 4.78. The second kappa shape index (κ2) is 10.2. The van der Waals surface area contributed by atoms with E-state index in [1.165, 1.54) is 6.07 Å². The molecule has 0 bridgehead atoms. The summed E-state index contributed by atoms with van der Waals surface area (Å²) >= 11 is 0. The van der Waals surface area contributed by atoms with E-state index in [0.29, 0.717) is 35.1 Å². The van der Waals surface area contributed by atoms with Crippen LogP contribution in [0.3, 0.4) is 0 Å². The number of ether oxygens (including phenoxy) is 3. The van der Waals surface area contributed by atoms with Gasteiger partial charge in [-0.3, -0.25) is 0 Å². The van der Waals surface area contributed by atoms with Crippen LogP contribution >= 0.6 is 0 Å². The third-order valence-corrected chi connectivity index (χ3v) is 5.13. The van der Waals surface area contributed by atoms with Crippen molar-refractivity contribution in [2.45, 2.75) is 26.7 Å². The summed E-state index contributed by atoms with van der Waals surface area (Å²) in [6, 6.07) is 16.9. The molecule has 1 aromatic heterocycles. The van der Waals surface area contributed by atoms with Crippen LogP contribution in [0.25, 0.3) is 21.7 Å². The molecule has 0 saturated heterocycles. The maximum absolute atomic E-state index is 13.1. The Labute approximate surface area is 195 Å². The second-order valence-electron chi connectivity index (χ2n) is 7.68. The Morgan fingerprint density at radius 3 is 2.38 bits per heavy atom. The van der Waals surface area contributed by atoms with E-state index in [4.69, 9.17) is 18.6 Å².